The number of rotatable bonds is 4. The Hall–Kier alpha value is -3.75. The summed E-state index contributed by atoms with van der Waals surface area (Å²) in [5, 5.41) is 21.7. The number of aromatic nitrogens is 5. The molecule has 9 nitrogen and oxygen atoms in total. The number of anilines is 2. The molecule has 1 aliphatic rings. The second-order valence-electron chi connectivity index (χ2n) is 6.77. The van der Waals surface area contributed by atoms with Crippen molar-refractivity contribution in [1.29, 1.82) is 0 Å². The highest BCUT2D eigenvalue weighted by molar-refractivity contribution is 6.03. The molecule has 1 aliphatic carbocycles. The van der Waals surface area contributed by atoms with Gasteiger partial charge in [0.2, 0.25) is 5.91 Å². The van der Waals surface area contributed by atoms with E-state index >= 15 is 0 Å². The van der Waals surface area contributed by atoms with Crippen LogP contribution in [0.2, 0.25) is 0 Å². The van der Waals surface area contributed by atoms with Gasteiger partial charge in [-0.3, -0.25) is 4.79 Å². The maximum Gasteiger partial charge on any atom is 0.228 e. The largest absolute Gasteiger partial charge is 0.506 e. The fourth-order valence-electron chi connectivity index (χ4n) is 3.14. The van der Waals surface area contributed by atoms with Gasteiger partial charge in [0.15, 0.2) is 11.5 Å². The molecule has 0 unspecified atom stereocenters. The molecule has 28 heavy (non-hydrogen) atoms. The minimum atomic E-state index is -0.00220. The minimum Gasteiger partial charge on any atom is -0.506 e. The summed E-state index contributed by atoms with van der Waals surface area (Å²) >= 11 is 0. The van der Waals surface area contributed by atoms with E-state index in [1.54, 1.807) is 31.6 Å². The first-order valence-electron chi connectivity index (χ1n) is 8.95. The highest BCUT2D eigenvalue weighted by Crippen LogP contribution is 2.33. The summed E-state index contributed by atoms with van der Waals surface area (Å²) in [6.45, 7) is 0. The molecule has 140 valence electrons. The topological polar surface area (TPSA) is 117 Å². The van der Waals surface area contributed by atoms with Gasteiger partial charge in [0, 0.05) is 41.7 Å². The maximum absolute atomic E-state index is 12.1. The van der Waals surface area contributed by atoms with Crippen molar-refractivity contribution in [3.05, 3.63) is 36.8 Å². The number of hydrogen-bond acceptors (Lipinski definition) is 7. The number of nitrogens with zero attached hydrogens (tertiary/aromatic N) is 5. The molecular weight excluding hydrogens is 358 g/mol. The summed E-state index contributed by atoms with van der Waals surface area (Å²) in [6, 6.07) is 5.06. The van der Waals surface area contributed by atoms with Crippen molar-refractivity contribution in [2.24, 2.45) is 5.92 Å². The number of pyridine rings is 3. The fraction of sp³-hybridized carbons (Fsp3) is 0.211. The van der Waals surface area contributed by atoms with Gasteiger partial charge in [0.1, 0.15) is 17.4 Å². The van der Waals surface area contributed by atoms with Crippen LogP contribution in [0.3, 0.4) is 0 Å². The first kappa shape index (κ1) is 16.4. The number of amides is 1. The number of nitrogens with one attached hydrogen (secondary N) is 2. The lowest BCUT2D eigenvalue weighted by molar-refractivity contribution is -0.117. The van der Waals surface area contributed by atoms with E-state index in [2.05, 4.69) is 30.7 Å². The van der Waals surface area contributed by atoms with Gasteiger partial charge in [0.25, 0.3) is 0 Å². The second-order valence-corrected chi connectivity index (χ2v) is 6.77. The van der Waals surface area contributed by atoms with Crippen LogP contribution in [0.5, 0.6) is 5.75 Å². The zero-order valence-electron chi connectivity index (χ0n) is 15.0. The van der Waals surface area contributed by atoms with Crippen molar-refractivity contribution in [2.75, 3.05) is 17.7 Å². The molecule has 0 aromatic carbocycles. The van der Waals surface area contributed by atoms with Crippen molar-refractivity contribution in [2.45, 2.75) is 12.8 Å². The smallest absolute Gasteiger partial charge is 0.228 e. The van der Waals surface area contributed by atoms with E-state index in [9.17, 15) is 9.90 Å². The Bertz CT molecular complexity index is 1230. The monoisotopic (exact) mass is 375 g/mol. The van der Waals surface area contributed by atoms with Crippen molar-refractivity contribution in [3.63, 3.8) is 0 Å². The Labute approximate surface area is 159 Å². The standard InChI is InChI=1S/C19H17N7O2/c1-20-17-13-7-21-15(23-19(28)10-2-3-10)6-12(13)14(8-22-17)18-24-16-5-4-11(27)9-26(16)25-18/h4-10,27H,2-3H2,1H3,(H,20,22)(H,21,23,28). The van der Waals surface area contributed by atoms with Crippen LogP contribution in [-0.2, 0) is 4.79 Å². The van der Waals surface area contributed by atoms with Crippen LogP contribution in [0.25, 0.3) is 27.8 Å². The van der Waals surface area contributed by atoms with Gasteiger partial charge in [0.05, 0.1) is 6.20 Å². The first-order valence-corrected chi connectivity index (χ1v) is 8.95. The summed E-state index contributed by atoms with van der Waals surface area (Å²) in [6.07, 6.45) is 6.72. The van der Waals surface area contributed by atoms with E-state index in [0.29, 0.717) is 28.7 Å². The van der Waals surface area contributed by atoms with Gasteiger partial charge in [-0.05, 0) is 31.0 Å². The summed E-state index contributed by atoms with van der Waals surface area (Å²) < 4.78 is 1.51. The Morgan fingerprint density at radius 2 is 2.07 bits per heavy atom. The van der Waals surface area contributed by atoms with Crippen LogP contribution in [-0.4, -0.2) is 42.6 Å². The number of aromatic hydroxyl groups is 1. The summed E-state index contributed by atoms with van der Waals surface area (Å²) in [7, 11) is 1.79. The van der Waals surface area contributed by atoms with Crippen molar-refractivity contribution < 1.29 is 9.90 Å². The molecule has 0 saturated heterocycles. The van der Waals surface area contributed by atoms with E-state index < -0.39 is 0 Å². The quantitative estimate of drug-likeness (QED) is 0.501. The number of hydrogen-bond donors (Lipinski definition) is 3. The Kier molecular flexibility index (Phi) is 3.61. The molecule has 1 saturated carbocycles. The Morgan fingerprint density at radius 3 is 2.86 bits per heavy atom. The molecule has 0 bridgehead atoms. The fourth-order valence-corrected chi connectivity index (χ4v) is 3.14. The third-order valence-electron chi connectivity index (χ3n) is 4.76. The average Bonchev–Trinajstić information content (AvgIpc) is 3.47. The number of carbonyl (C=O) groups excluding carboxylic acids is 1. The molecule has 9 heteroatoms. The van der Waals surface area contributed by atoms with Crippen molar-refractivity contribution >= 4 is 34.0 Å². The molecule has 0 atom stereocenters. The molecule has 5 rings (SSSR count). The zero-order chi connectivity index (χ0) is 19.3. The molecule has 1 amide bonds. The number of carbonyl (C=O) groups is 1. The van der Waals surface area contributed by atoms with Gasteiger partial charge in [-0.2, -0.15) is 0 Å². The van der Waals surface area contributed by atoms with Crippen LogP contribution < -0.4 is 10.6 Å². The third-order valence-corrected chi connectivity index (χ3v) is 4.76. The van der Waals surface area contributed by atoms with E-state index in [-0.39, 0.29) is 17.6 Å². The highest BCUT2D eigenvalue weighted by Gasteiger charge is 2.30. The van der Waals surface area contributed by atoms with Crippen LogP contribution in [0.1, 0.15) is 12.8 Å². The third kappa shape index (κ3) is 2.77. The van der Waals surface area contributed by atoms with E-state index in [0.717, 1.165) is 23.6 Å². The van der Waals surface area contributed by atoms with E-state index in [1.165, 1.54) is 10.7 Å². The van der Waals surface area contributed by atoms with E-state index in [4.69, 9.17) is 0 Å². The van der Waals surface area contributed by atoms with Gasteiger partial charge >= 0.3 is 0 Å². The molecule has 4 heterocycles. The maximum atomic E-state index is 12.1. The molecule has 0 aliphatic heterocycles. The van der Waals surface area contributed by atoms with Crippen LogP contribution in [0, 0.1) is 5.92 Å². The molecule has 4 aromatic heterocycles. The van der Waals surface area contributed by atoms with Crippen molar-refractivity contribution in [3.8, 4) is 17.1 Å². The average molecular weight is 375 g/mol. The predicted octanol–water partition coefficient (Wildman–Crippen LogP) is 2.44. The van der Waals surface area contributed by atoms with Gasteiger partial charge in [-0.15, -0.1) is 5.10 Å². The summed E-state index contributed by atoms with van der Waals surface area (Å²) in [4.78, 5) is 25.4. The molecule has 4 aromatic rings. The highest BCUT2D eigenvalue weighted by atomic mass is 16.3. The lowest BCUT2D eigenvalue weighted by Crippen LogP contribution is -2.14. The van der Waals surface area contributed by atoms with Gasteiger partial charge in [-0.1, -0.05) is 0 Å². The van der Waals surface area contributed by atoms with Crippen LogP contribution in [0.15, 0.2) is 36.8 Å². The lowest BCUT2D eigenvalue weighted by Gasteiger charge is -2.10. The molecule has 0 spiro atoms. The van der Waals surface area contributed by atoms with Crippen LogP contribution >= 0.6 is 0 Å². The molecule has 1 fully saturated rings. The lowest BCUT2D eigenvalue weighted by atomic mass is 10.1. The first-order chi connectivity index (χ1) is 13.6. The normalized spacial score (nSPS) is 13.8. The Morgan fingerprint density at radius 1 is 1.21 bits per heavy atom. The van der Waals surface area contributed by atoms with E-state index in [1.807, 2.05) is 6.07 Å². The summed E-state index contributed by atoms with van der Waals surface area (Å²) in [5.74, 6) is 1.82. The number of fused-ring (bicyclic) bond motifs is 2. The molecule has 3 N–H and O–H groups in total. The van der Waals surface area contributed by atoms with Crippen LogP contribution in [0.4, 0.5) is 11.6 Å². The SMILES string of the molecule is CNc1ncc(-c2nc3ccc(O)cn3n2)c2cc(NC(=O)C3CC3)ncc12. The minimum absolute atomic E-state index is 0.00220. The molecular formula is C19H17N7O2. The Balaban J connectivity index is 1.66. The van der Waals surface area contributed by atoms with Gasteiger partial charge in [-0.25, -0.2) is 19.5 Å². The summed E-state index contributed by atoms with van der Waals surface area (Å²) in [5.41, 5.74) is 1.32. The molecule has 0 radical (unpaired) electrons. The predicted molar refractivity (Wildman–Crippen MR) is 104 cm³/mol. The van der Waals surface area contributed by atoms with Gasteiger partial charge < -0.3 is 15.7 Å². The zero-order valence-corrected chi connectivity index (χ0v) is 15.0. The second kappa shape index (κ2) is 6.15. The van der Waals surface area contributed by atoms with Crippen molar-refractivity contribution in [1.82, 2.24) is 24.6 Å².